The van der Waals surface area contributed by atoms with Crippen LogP contribution in [0.2, 0.25) is 0 Å². The molecule has 1 amide bonds. The Kier molecular flexibility index (Phi) is 7.13. The van der Waals surface area contributed by atoms with Crippen LogP contribution in [0.25, 0.3) is 5.57 Å². The van der Waals surface area contributed by atoms with Crippen molar-refractivity contribution in [3.63, 3.8) is 0 Å². The Bertz CT molecular complexity index is 1370. The van der Waals surface area contributed by atoms with Gasteiger partial charge in [-0.25, -0.2) is 8.78 Å². The monoisotopic (exact) mass is 495 g/mol. The Morgan fingerprint density at radius 1 is 0.811 bits per heavy atom. The Labute approximate surface area is 215 Å². The Balaban J connectivity index is 1.33. The first kappa shape index (κ1) is 24.4. The fraction of sp³-hybridized carbons (Fsp3) is 0.156. The molecule has 1 aliphatic rings. The van der Waals surface area contributed by atoms with Crippen LogP contribution in [0, 0.1) is 17.6 Å². The first-order chi connectivity index (χ1) is 18.0. The highest BCUT2D eigenvalue weighted by molar-refractivity contribution is 6.03. The van der Waals surface area contributed by atoms with E-state index in [-0.39, 0.29) is 29.5 Å². The molecule has 0 saturated carbocycles. The van der Waals surface area contributed by atoms with Gasteiger partial charge >= 0.3 is 0 Å². The van der Waals surface area contributed by atoms with E-state index >= 15 is 0 Å². The third kappa shape index (κ3) is 5.46. The van der Waals surface area contributed by atoms with Crippen LogP contribution in [0.5, 0.6) is 5.75 Å². The van der Waals surface area contributed by atoms with Gasteiger partial charge in [-0.2, -0.15) is 0 Å². The van der Waals surface area contributed by atoms with E-state index in [4.69, 9.17) is 4.74 Å². The number of β-lactam (4-membered cyclic amide) rings is 1. The van der Waals surface area contributed by atoms with Gasteiger partial charge in [-0.3, -0.25) is 4.79 Å². The molecule has 1 aliphatic heterocycles. The number of carbonyl (C=O) groups is 1. The highest BCUT2D eigenvalue weighted by atomic mass is 19.1. The fourth-order valence-electron chi connectivity index (χ4n) is 4.76. The Morgan fingerprint density at radius 3 is 2.08 bits per heavy atom. The van der Waals surface area contributed by atoms with Gasteiger partial charge in [0, 0.05) is 5.69 Å². The Morgan fingerprint density at radius 2 is 1.43 bits per heavy atom. The summed E-state index contributed by atoms with van der Waals surface area (Å²) in [5.41, 5.74) is 4.44. The van der Waals surface area contributed by atoms with Crippen LogP contribution >= 0.6 is 0 Å². The van der Waals surface area contributed by atoms with Crippen molar-refractivity contribution in [3.8, 4) is 5.75 Å². The quantitative estimate of drug-likeness (QED) is 0.222. The lowest BCUT2D eigenvalue weighted by Gasteiger charge is -2.48. The number of allylic oxidation sites excluding steroid dienone is 1. The van der Waals surface area contributed by atoms with Crippen LogP contribution in [0.15, 0.2) is 110 Å². The largest absolute Gasteiger partial charge is 0.489 e. The van der Waals surface area contributed by atoms with Crippen LogP contribution in [0.3, 0.4) is 0 Å². The minimum Gasteiger partial charge on any atom is -0.489 e. The molecule has 37 heavy (non-hydrogen) atoms. The predicted molar refractivity (Wildman–Crippen MR) is 142 cm³/mol. The molecule has 5 heteroatoms. The molecule has 0 radical (unpaired) electrons. The van der Waals surface area contributed by atoms with Crippen molar-refractivity contribution in [2.45, 2.75) is 25.5 Å². The second-order valence-electron chi connectivity index (χ2n) is 9.23. The standard InChI is InChI=1S/C32H27F2NO2/c1-22(24-8-12-26(33)13-9-24)7-20-30-31(35(32(30)36)28-16-14-27(34)15-17-28)25-10-18-29(19-11-25)37-21-23-5-3-2-4-6-23/h2-6,8-19,30-31H,1,7,20-21H2/t30-,31-/m1/s1. The molecule has 0 N–H and O–H groups in total. The average Bonchev–Trinajstić information content (AvgIpc) is 2.93. The maximum Gasteiger partial charge on any atom is 0.233 e. The molecule has 3 nitrogen and oxygen atoms in total. The highest BCUT2D eigenvalue weighted by Crippen LogP contribution is 2.46. The van der Waals surface area contributed by atoms with E-state index < -0.39 is 0 Å². The molecular formula is C32H27F2NO2. The molecule has 4 aromatic rings. The number of halogens is 2. The molecule has 0 aromatic heterocycles. The molecule has 0 spiro atoms. The van der Waals surface area contributed by atoms with E-state index in [2.05, 4.69) is 6.58 Å². The first-order valence-corrected chi connectivity index (χ1v) is 12.3. The van der Waals surface area contributed by atoms with Crippen LogP contribution in [-0.4, -0.2) is 5.91 Å². The van der Waals surface area contributed by atoms with E-state index in [1.807, 2.05) is 54.6 Å². The summed E-state index contributed by atoms with van der Waals surface area (Å²) >= 11 is 0. The van der Waals surface area contributed by atoms with E-state index in [1.165, 1.54) is 24.3 Å². The molecule has 0 unspecified atom stereocenters. The zero-order valence-corrected chi connectivity index (χ0v) is 20.3. The van der Waals surface area contributed by atoms with Gasteiger partial charge in [-0.1, -0.05) is 61.2 Å². The molecule has 0 bridgehead atoms. The average molecular weight is 496 g/mol. The van der Waals surface area contributed by atoms with Gasteiger partial charge in [0.2, 0.25) is 5.91 Å². The SMILES string of the molecule is C=C(CC[C@H]1C(=O)N(c2ccc(F)cc2)[C@@H]1c1ccc(OCc2ccccc2)cc1)c1ccc(F)cc1. The molecule has 0 aliphatic carbocycles. The first-order valence-electron chi connectivity index (χ1n) is 12.3. The third-order valence-electron chi connectivity index (χ3n) is 6.80. The molecule has 186 valence electrons. The number of nitrogens with zero attached hydrogens (tertiary/aromatic N) is 1. The number of rotatable bonds is 9. The number of hydrogen-bond acceptors (Lipinski definition) is 2. The molecule has 5 rings (SSSR count). The minimum absolute atomic E-state index is 0.00656. The lowest BCUT2D eigenvalue weighted by molar-refractivity contribution is -0.130. The number of ether oxygens (including phenoxy) is 1. The lowest BCUT2D eigenvalue weighted by atomic mass is 9.78. The van der Waals surface area contributed by atoms with E-state index in [9.17, 15) is 13.6 Å². The van der Waals surface area contributed by atoms with Gasteiger partial charge in [0.1, 0.15) is 24.0 Å². The summed E-state index contributed by atoms with van der Waals surface area (Å²) < 4.78 is 32.8. The summed E-state index contributed by atoms with van der Waals surface area (Å²) in [4.78, 5) is 15.0. The van der Waals surface area contributed by atoms with Crippen LogP contribution in [0.4, 0.5) is 14.5 Å². The van der Waals surface area contributed by atoms with Gasteiger partial charge < -0.3 is 9.64 Å². The molecule has 2 atom stereocenters. The molecule has 1 fully saturated rings. The number of hydrogen-bond donors (Lipinski definition) is 0. The lowest BCUT2D eigenvalue weighted by Crippen LogP contribution is -2.55. The van der Waals surface area contributed by atoms with Gasteiger partial charge in [0.15, 0.2) is 0 Å². The third-order valence-corrected chi connectivity index (χ3v) is 6.80. The second-order valence-corrected chi connectivity index (χ2v) is 9.23. The van der Waals surface area contributed by atoms with Crippen molar-refractivity contribution in [1.82, 2.24) is 0 Å². The van der Waals surface area contributed by atoms with Gasteiger partial charge in [0.25, 0.3) is 0 Å². The van der Waals surface area contributed by atoms with Crippen LogP contribution in [-0.2, 0) is 11.4 Å². The van der Waals surface area contributed by atoms with Crippen molar-refractivity contribution >= 4 is 17.2 Å². The molecule has 4 aromatic carbocycles. The molecule has 1 heterocycles. The summed E-state index contributed by atoms with van der Waals surface area (Å²) in [7, 11) is 0. The van der Waals surface area contributed by atoms with Crippen LogP contribution < -0.4 is 9.64 Å². The predicted octanol–water partition coefficient (Wildman–Crippen LogP) is 7.74. The summed E-state index contributed by atoms with van der Waals surface area (Å²) in [6, 6.07) is 29.8. The maximum atomic E-state index is 13.6. The number of amides is 1. The second kappa shape index (κ2) is 10.8. The van der Waals surface area contributed by atoms with Crippen molar-refractivity contribution in [1.29, 1.82) is 0 Å². The van der Waals surface area contributed by atoms with Crippen molar-refractivity contribution in [3.05, 3.63) is 138 Å². The molecule has 1 saturated heterocycles. The highest BCUT2D eigenvalue weighted by Gasteiger charge is 2.48. The van der Waals surface area contributed by atoms with Gasteiger partial charge in [-0.05, 0) is 83.6 Å². The van der Waals surface area contributed by atoms with E-state index in [0.29, 0.717) is 25.1 Å². The van der Waals surface area contributed by atoms with E-state index in [1.54, 1.807) is 29.2 Å². The Hall–Kier alpha value is -4.25. The topological polar surface area (TPSA) is 29.5 Å². The molecular weight excluding hydrogens is 468 g/mol. The number of benzene rings is 4. The zero-order chi connectivity index (χ0) is 25.8. The van der Waals surface area contributed by atoms with Crippen molar-refractivity contribution in [2.24, 2.45) is 5.92 Å². The van der Waals surface area contributed by atoms with Crippen molar-refractivity contribution in [2.75, 3.05) is 4.90 Å². The fourth-order valence-corrected chi connectivity index (χ4v) is 4.76. The summed E-state index contributed by atoms with van der Waals surface area (Å²) in [6.07, 6.45) is 1.21. The zero-order valence-electron chi connectivity index (χ0n) is 20.3. The summed E-state index contributed by atoms with van der Waals surface area (Å²) in [5.74, 6) is -0.156. The van der Waals surface area contributed by atoms with E-state index in [0.717, 1.165) is 28.0 Å². The summed E-state index contributed by atoms with van der Waals surface area (Å²) in [6.45, 7) is 4.62. The smallest absolute Gasteiger partial charge is 0.233 e. The number of anilines is 1. The van der Waals surface area contributed by atoms with Gasteiger partial charge in [0.05, 0.1) is 12.0 Å². The maximum absolute atomic E-state index is 13.6. The minimum atomic E-state index is -0.347. The normalized spacial score (nSPS) is 16.8. The van der Waals surface area contributed by atoms with Crippen LogP contribution in [0.1, 0.15) is 35.6 Å². The summed E-state index contributed by atoms with van der Waals surface area (Å²) in [5, 5.41) is 0. The number of carbonyl (C=O) groups excluding carboxylic acids is 1. The van der Waals surface area contributed by atoms with Gasteiger partial charge in [-0.15, -0.1) is 0 Å². The van der Waals surface area contributed by atoms with Crippen molar-refractivity contribution < 1.29 is 18.3 Å².